The summed E-state index contributed by atoms with van der Waals surface area (Å²) >= 11 is 0. The zero-order valence-corrected chi connectivity index (χ0v) is 7.29. The van der Waals surface area contributed by atoms with Crippen molar-refractivity contribution < 1.29 is 4.79 Å². The monoisotopic (exact) mass is 191 g/mol. The van der Waals surface area contributed by atoms with E-state index in [1.807, 2.05) is 0 Å². The van der Waals surface area contributed by atoms with E-state index in [0.717, 1.165) is 11.4 Å². The molecule has 2 unspecified atom stereocenters. The van der Waals surface area contributed by atoms with Crippen LogP contribution in [0.5, 0.6) is 0 Å². The van der Waals surface area contributed by atoms with Gasteiger partial charge in [0.15, 0.2) is 12.3 Å². The number of nitrogens with one attached hydrogen (secondary N) is 4. The quantitative estimate of drug-likeness (QED) is 0.369. The third-order valence-electron chi connectivity index (χ3n) is 2.38. The van der Waals surface area contributed by atoms with Crippen molar-refractivity contribution in [1.82, 2.24) is 21.3 Å². The average molecular weight is 191 g/mol. The van der Waals surface area contributed by atoms with Crippen molar-refractivity contribution in [2.75, 3.05) is 0 Å². The lowest BCUT2D eigenvalue weighted by molar-refractivity contribution is -0.123. The zero-order chi connectivity index (χ0) is 9.71. The maximum absolute atomic E-state index is 11.5. The number of hydrogen-bond donors (Lipinski definition) is 4. The summed E-state index contributed by atoms with van der Waals surface area (Å²) < 4.78 is 0. The van der Waals surface area contributed by atoms with E-state index in [2.05, 4.69) is 32.8 Å². The Hall–Kier alpha value is -1.98. The largest absolute Gasteiger partial charge is 0.365 e. The number of nitrogens with zero attached hydrogens (tertiary/aromatic N) is 1. The minimum atomic E-state index is -0.412. The van der Waals surface area contributed by atoms with Gasteiger partial charge in [-0.2, -0.15) is 0 Å². The van der Waals surface area contributed by atoms with Gasteiger partial charge in [-0.3, -0.25) is 4.79 Å². The number of amides is 1. The van der Waals surface area contributed by atoms with Gasteiger partial charge in [-0.15, -0.1) is 0 Å². The van der Waals surface area contributed by atoms with Gasteiger partial charge in [0.05, 0.1) is 11.4 Å². The molecule has 5 rings (SSSR count). The van der Waals surface area contributed by atoms with Crippen LogP contribution in [-0.2, 0) is 4.79 Å². The van der Waals surface area contributed by atoms with Crippen molar-refractivity contribution in [3.63, 3.8) is 0 Å². The Morgan fingerprint density at radius 1 is 1.36 bits per heavy atom. The highest BCUT2D eigenvalue weighted by Gasteiger charge is 2.36. The van der Waals surface area contributed by atoms with Crippen LogP contribution >= 0.6 is 0 Å². The molecule has 1 saturated heterocycles. The Labute approximate surface area is 80.2 Å². The molecule has 6 nitrogen and oxygen atoms in total. The van der Waals surface area contributed by atoms with E-state index in [-0.39, 0.29) is 5.91 Å². The van der Waals surface area contributed by atoms with E-state index in [0.29, 0.717) is 5.84 Å². The van der Waals surface area contributed by atoms with E-state index < -0.39 is 12.3 Å². The number of fused-ring (bicyclic) bond motifs is 2. The number of rotatable bonds is 0. The molecule has 0 spiro atoms. The van der Waals surface area contributed by atoms with Crippen LogP contribution in [0.15, 0.2) is 29.2 Å². The van der Waals surface area contributed by atoms with Gasteiger partial charge in [0.2, 0.25) is 0 Å². The van der Waals surface area contributed by atoms with E-state index in [9.17, 15) is 4.79 Å². The number of hydrogen-bond acceptors (Lipinski definition) is 5. The van der Waals surface area contributed by atoms with Crippen molar-refractivity contribution in [3.8, 4) is 0 Å². The normalized spacial score (nSPS) is 32.9. The first-order valence-electron chi connectivity index (χ1n) is 4.31. The summed E-state index contributed by atoms with van der Waals surface area (Å²) in [5, 5.41) is 11.7. The first-order chi connectivity index (χ1) is 6.74. The molecule has 5 aliphatic heterocycles. The molecular formula is C8H9N5O. The molecule has 5 aliphatic rings. The third kappa shape index (κ3) is 0.847. The molecule has 0 aromatic heterocycles. The van der Waals surface area contributed by atoms with E-state index in [4.69, 9.17) is 0 Å². The van der Waals surface area contributed by atoms with E-state index in [1.165, 1.54) is 0 Å². The first kappa shape index (κ1) is 7.43. The Morgan fingerprint density at radius 2 is 2.21 bits per heavy atom. The van der Waals surface area contributed by atoms with Crippen molar-refractivity contribution in [3.05, 3.63) is 24.2 Å². The smallest absolute Gasteiger partial charge is 0.253 e. The fourth-order valence-corrected chi connectivity index (χ4v) is 1.67. The van der Waals surface area contributed by atoms with Crippen LogP contribution in [-0.4, -0.2) is 24.1 Å². The highest BCUT2D eigenvalue weighted by molar-refractivity contribution is 6.10. The molecule has 0 saturated carbocycles. The summed E-state index contributed by atoms with van der Waals surface area (Å²) in [7, 11) is 0. The van der Waals surface area contributed by atoms with E-state index in [1.54, 1.807) is 6.20 Å². The Kier molecular flexibility index (Phi) is 1.21. The summed E-state index contributed by atoms with van der Waals surface area (Å²) in [6.45, 7) is 3.83. The number of carbonyl (C=O) groups is 1. The van der Waals surface area contributed by atoms with Gasteiger partial charge in [-0.05, 0) is 0 Å². The molecule has 0 radical (unpaired) electrons. The van der Waals surface area contributed by atoms with Crippen LogP contribution in [0.3, 0.4) is 0 Å². The maximum atomic E-state index is 11.5. The average Bonchev–Trinajstić information content (AvgIpc) is 2.14. The van der Waals surface area contributed by atoms with Crippen molar-refractivity contribution in [2.24, 2.45) is 4.99 Å². The predicted octanol–water partition coefficient (Wildman–Crippen LogP) is -1.68. The standard InChI is InChI=1S/C8H9N5O/c1-3-4-2-9-6-5(11-4)7(14)13-8(10-3)12-6/h2,5,8,10-11H,1H2,(H,9,12)(H,13,14). The van der Waals surface area contributed by atoms with Gasteiger partial charge < -0.3 is 21.3 Å². The molecule has 1 fully saturated rings. The summed E-state index contributed by atoms with van der Waals surface area (Å²) in [5.74, 6) is 0.556. The molecule has 5 heterocycles. The Morgan fingerprint density at radius 3 is 3.07 bits per heavy atom. The number of carbonyl (C=O) groups excluding carboxylic acids is 1. The highest BCUT2D eigenvalue weighted by atomic mass is 16.2. The molecular weight excluding hydrogens is 182 g/mol. The topological polar surface area (TPSA) is 77.6 Å². The molecule has 0 aromatic carbocycles. The lowest BCUT2D eigenvalue weighted by Gasteiger charge is -2.37. The van der Waals surface area contributed by atoms with Gasteiger partial charge in [-0.1, -0.05) is 6.58 Å². The second kappa shape index (κ2) is 2.28. The minimum Gasteiger partial charge on any atom is -0.365 e. The maximum Gasteiger partial charge on any atom is 0.253 e. The summed E-state index contributed by atoms with van der Waals surface area (Å²) in [6, 6.07) is -0.412. The van der Waals surface area contributed by atoms with Crippen molar-refractivity contribution >= 4 is 11.7 Å². The highest BCUT2D eigenvalue weighted by Crippen LogP contribution is 2.14. The van der Waals surface area contributed by atoms with Crippen LogP contribution in [0.2, 0.25) is 0 Å². The van der Waals surface area contributed by atoms with Gasteiger partial charge in [-0.25, -0.2) is 4.99 Å². The number of amidine groups is 1. The Bertz CT molecular complexity index is 397. The van der Waals surface area contributed by atoms with Gasteiger partial charge in [0.1, 0.15) is 5.84 Å². The summed E-state index contributed by atoms with van der Waals surface area (Å²) in [6.07, 6.45) is 1.35. The third-order valence-corrected chi connectivity index (χ3v) is 2.38. The minimum absolute atomic E-state index is 0.0851. The summed E-state index contributed by atoms with van der Waals surface area (Å²) in [5.41, 5.74) is 1.52. The fourth-order valence-electron chi connectivity index (χ4n) is 1.67. The van der Waals surface area contributed by atoms with Crippen LogP contribution < -0.4 is 21.3 Å². The second-order valence-electron chi connectivity index (χ2n) is 3.33. The molecule has 0 aliphatic carbocycles. The van der Waals surface area contributed by atoms with E-state index >= 15 is 0 Å². The number of aliphatic imine (C=N–C) groups is 1. The predicted molar refractivity (Wildman–Crippen MR) is 49.8 cm³/mol. The van der Waals surface area contributed by atoms with Crippen molar-refractivity contribution in [2.45, 2.75) is 12.3 Å². The first-order valence-corrected chi connectivity index (χ1v) is 4.31. The molecule has 72 valence electrons. The van der Waals surface area contributed by atoms with Gasteiger partial charge in [0, 0.05) is 6.20 Å². The van der Waals surface area contributed by atoms with Crippen molar-refractivity contribution in [1.29, 1.82) is 0 Å². The van der Waals surface area contributed by atoms with Crippen LogP contribution in [0.4, 0.5) is 0 Å². The van der Waals surface area contributed by atoms with Gasteiger partial charge >= 0.3 is 0 Å². The summed E-state index contributed by atoms with van der Waals surface area (Å²) in [4.78, 5) is 15.8. The fraction of sp³-hybridized carbons (Fsp3) is 0.250. The molecule has 0 aromatic rings. The molecule has 14 heavy (non-hydrogen) atoms. The molecule has 4 N–H and O–H groups in total. The molecule has 4 bridgehead atoms. The van der Waals surface area contributed by atoms with Crippen LogP contribution in [0.25, 0.3) is 0 Å². The lowest BCUT2D eigenvalue weighted by Crippen LogP contribution is -2.65. The van der Waals surface area contributed by atoms with Crippen LogP contribution in [0.1, 0.15) is 0 Å². The van der Waals surface area contributed by atoms with Crippen LogP contribution in [0, 0.1) is 0 Å². The SMILES string of the molecule is C=C1NC2N=C3NC=C1NC3C(=O)N2. The Balaban J connectivity index is 2.13. The zero-order valence-electron chi connectivity index (χ0n) is 7.29. The molecule has 1 amide bonds. The lowest BCUT2D eigenvalue weighted by atomic mass is 10.1. The van der Waals surface area contributed by atoms with Gasteiger partial charge in [0.25, 0.3) is 5.91 Å². The molecule has 6 heteroatoms. The second-order valence-corrected chi connectivity index (χ2v) is 3.33. The molecule has 2 atom stereocenters.